The van der Waals surface area contributed by atoms with E-state index < -0.39 is 0 Å². The number of nitrogens with one attached hydrogen (secondary N) is 1. The maximum absolute atomic E-state index is 12.5. The van der Waals surface area contributed by atoms with Crippen LogP contribution in [0.25, 0.3) is 0 Å². The van der Waals surface area contributed by atoms with E-state index in [2.05, 4.69) is 50.3 Å². The summed E-state index contributed by atoms with van der Waals surface area (Å²) >= 11 is 0. The minimum atomic E-state index is 0. The van der Waals surface area contributed by atoms with E-state index >= 15 is 0 Å². The van der Waals surface area contributed by atoms with Crippen LogP contribution in [0.3, 0.4) is 0 Å². The van der Waals surface area contributed by atoms with Crippen molar-refractivity contribution in [2.45, 2.75) is 19.3 Å². The second kappa shape index (κ2) is 12.4. The number of amides is 1. The molecule has 7 heteroatoms. The van der Waals surface area contributed by atoms with Gasteiger partial charge in [-0.15, -0.1) is 24.8 Å². The third-order valence-electron chi connectivity index (χ3n) is 5.60. The van der Waals surface area contributed by atoms with Gasteiger partial charge >= 0.3 is 0 Å². The molecule has 2 heterocycles. The first kappa shape index (κ1) is 24.0. The lowest BCUT2D eigenvalue weighted by Crippen LogP contribution is -2.48. The molecule has 0 atom stereocenters. The Bertz CT molecular complexity index is 530. The van der Waals surface area contributed by atoms with Crippen molar-refractivity contribution in [1.29, 1.82) is 0 Å². The lowest BCUT2D eigenvalue weighted by atomic mass is 9.96. The average Bonchev–Trinajstić information content (AvgIpc) is 2.68. The summed E-state index contributed by atoms with van der Waals surface area (Å²) in [6.07, 6.45) is 2.95. The number of hydrogen-bond acceptors (Lipinski definition) is 4. The number of rotatable bonds is 6. The highest BCUT2D eigenvalue weighted by atomic mass is 35.5. The van der Waals surface area contributed by atoms with Crippen LogP contribution in [0.1, 0.15) is 19.3 Å². The molecule has 0 unspecified atom stereocenters. The number of carbonyl (C=O) groups excluding carboxylic acids is 1. The standard InChI is InChI=1S/C20H32N4O.2ClH/c1-21-17-18-7-11-24(12-8-18)20(25)9-10-22-13-15-23(16-14-22)19-5-3-2-4-6-19;;/h2-6,18,21H,7-17H2,1H3;2*1H. The number of benzene rings is 1. The number of anilines is 1. The normalized spacial score (nSPS) is 18.6. The van der Waals surface area contributed by atoms with E-state index in [1.54, 1.807) is 0 Å². The zero-order valence-corrected chi connectivity index (χ0v) is 17.9. The second-order valence-corrected chi connectivity index (χ2v) is 7.30. The first-order valence-corrected chi connectivity index (χ1v) is 9.71. The van der Waals surface area contributed by atoms with Crippen molar-refractivity contribution in [3.8, 4) is 0 Å². The molecule has 1 N–H and O–H groups in total. The summed E-state index contributed by atoms with van der Waals surface area (Å²) in [6, 6.07) is 10.6. The Hall–Kier alpha value is -1.01. The first-order chi connectivity index (χ1) is 12.3. The van der Waals surface area contributed by atoms with Crippen molar-refractivity contribution >= 4 is 36.4 Å². The summed E-state index contributed by atoms with van der Waals surface area (Å²) in [6.45, 7) is 8.05. The molecule has 1 amide bonds. The van der Waals surface area contributed by atoms with E-state index in [-0.39, 0.29) is 24.8 Å². The van der Waals surface area contributed by atoms with Gasteiger partial charge in [0, 0.05) is 57.9 Å². The van der Waals surface area contributed by atoms with Crippen molar-refractivity contribution in [3.63, 3.8) is 0 Å². The van der Waals surface area contributed by atoms with E-state index in [1.807, 2.05) is 7.05 Å². The predicted molar refractivity (Wildman–Crippen MR) is 117 cm³/mol. The Morgan fingerprint density at radius 3 is 2.22 bits per heavy atom. The van der Waals surface area contributed by atoms with Gasteiger partial charge in [0.2, 0.25) is 5.91 Å². The summed E-state index contributed by atoms with van der Waals surface area (Å²) in [7, 11) is 2.01. The summed E-state index contributed by atoms with van der Waals surface area (Å²) in [5.41, 5.74) is 1.31. The van der Waals surface area contributed by atoms with Gasteiger partial charge in [-0.25, -0.2) is 0 Å². The fourth-order valence-electron chi connectivity index (χ4n) is 3.96. The van der Waals surface area contributed by atoms with Crippen molar-refractivity contribution in [2.24, 2.45) is 5.92 Å². The third kappa shape index (κ3) is 7.15. The Kier molecular flexibility index (Phi) is 11.1. The van der Waals surface area contributed by atoms with Gasteiger partial charge in [-0.1, -0.05) is 18.2 Å². The molecule has 1 aromatic carbocycles. The van der Waals surface area contributed by atoms with E-state index in [1.165, 1.54) is 5.69 Å². The number of hydrogen-bond donors (Lipinski definition) is 1. The number of carbonyl (C=O) groups is 1. The van der Waals surface area contributed by atoms with E-state index in [4.69, 9.17) is 0 Å². The molecule has 0 bridgehead atoms. The molecule has 2 saturated heterocycles. The molecule has 2 aliphatic heterocycles. The van der Waals surface area contributed by atoms with Crippen LogP contribution < -0.4 is 10.2 Å². The largest absolute Gasteiger partial charge is 0.369 e. The summed E-state index contributed by atoms with van der Waals surface area (Å²) in [5.74, 6) is 1.08. The van der Waals surface area contributed by atoms with Gasteiger partial charge in [0.25, 0.3) is 0 Å². The van der Waals surface area contributed by atoms with Gasteiger partial charge in [0.15, 0.2) is 0 Å². The molecule has 0 aromatic heterocycles. The van der Waals surface area contributed by atoms with E-state index in [0.717, 1.165) is 71.1 Å². The fraction of sp³-hybridized carbons (Fsp3) is 0.650. The van der Waals surface area contributed by atoms with Crippen LogP contribution in [-0.4, -0.2) is 75.1 Å². The van der Waals surface area contributed by atoms with Crippen LogP contribution in [0.5, 0.6) is 0 Å². The van der Waals surface area contributed by atoms with Gasteiger partial charge in [-0.2, -0.15) is 0 Å². The monoisotopic (exact) mass is 416 g/mol. The van der Waals surface area contributed by atoms with Crippen molar-refractivity contribution in [1.82, 2.24) is 15.1 Å². The molecule has 3 rings (SSSR count). The maximum Gasteiger partial charge on any atom is 0.223 e. The van der Waals surface area contributed by atoms with Gasteiger partial charge in [-0.3, -0.25) is 9.69 Å². The topological polar surface area (TPSA) is 38.8 Å². The van der Waals surface area contributed by atoms with Crippen LogP contribution >= 0.6 is 24.8 Å². The minimum absolute atomic E-state index is 0. The van der Waals surface area contributed by atoms with Crippen LogP contribution in [-0.2, 0) is 4.79 Å². The molecule has 0 spiro atoms. The molecule has 154 valence electrons. The molecule has 2 aliphatic rings. The van der Waals surface area contributed by atoms with Crippen molar-refractivity contribution in [2.75, 3.05) is 64.3 Å². The number of nitrogens with zero attached hydrogens (tertiary/aromatic N) is 3. The summed E-state index contributed by atoms with van der Waals surface area (Å²) < 4.78 is 0. The molecule has 1 aromatic rings. The highest BCUT2D eigenvalue weighted by molar-refractivity contribution is 5.85. The van der Waals surface area contributed by atoms with Crippen molar-refractivity contribution in [3.05, 3.63) is 30.3 Å². The molecule has 5 nitrogen and oxygen atoms in total. The zero-order chi connectivity index (χ0) is 17.5. The van der Waals surface area contributed by atoms with E-state index in [9.17, 15) is 4.79 Å². The predicted octanol–water partition coefficient (Wildman–Crippen LogP) is 2.50. The first-order valence-electron chi connectivity index (χ1n) is 9.71. The number of para-hydroxylation sites is 1. The van der Waals surface area contributed by atoms with Gasteiger partial charge in [-0.05, 0) is 44.5 Å². The summed E-state index contributed by atoms with van der Waals surface area (Å²) in [4.78, 5) is 19.4. The van der Waals surface area contributed by atoms with Crippen LogP contribution in [0.15, 0.2) is 30.3 Å². The number of halogens is 2. The highest BCUT2D eigenvalue weighted by Crippen LogP contribution is 2.18. The number of piperazine rings is 1. The van der Waals surface area contributed by atoms with Crippen molar-refractivity contribution < 1.29 is 4.79 Å². The van der Waals surface area contributed by atoms with Crippen LogP contribution in [0.4, 0.5) is 5.69 Å². The van der Waals surface area contributed by atoms with Crippen LogP contribution in [0, 0.1) is 5.92 Å². The van der Waals surface area contributed by atoms with Gasteiger partial charge < -0.3 is 15.1 Å². The van der Waals surface area contributed by atoms with Crippen LogP contribution in [0.2, 0.25) is 0 Å². The molecule has 2 fully saturated rings. The second-order valence-electron chi connectivity index (χ2n) is 7.30. The number of piperidine rings is 1. The Morgan fingerprint density at radius 2 is 1.63 bits per heavy atom. The molecule has 0 aliphatic carbocycles. The average molecular weight is 417 g/mol. The third-order valence-corrected chi connectivity index (χ3v) is 5.60. The zero-order valence-electron chi connectivity index (χ0n) is 16.3. The molecular formula is C20H34Cl2N4O. The Balaban J connectivity index is 0.00000182. The maximum atomic E-state index is 12.5. The molecule has 0 radical (unpaired) electrons. The molecule has 0 saturated carbocycles. The summed E-state index contributed by atoms with van der Waals surface area (Å²) in [5, 5.41) is 3.25. The fourth-order valence-corrected chi connectivity index (χ4v) is 3.96. The molecule has 27 heavy (non-hydrogen) atoms. The highest BCUT2D eigenvalue weighted by Gasteiger charge is 2.23. The minimum Gasteiger partial charge on any atom is -0.369 e. The Morgan fingerprint density at radius 1 is 1.00 bits per heavy atom. The smallest absolute Gasteiger partial charge is 0.223 e. The number of likely N-dealkylation sites (tertiary alicyclic amines) is 1. The lowest BCUT2D eigenvalue weighted by Gasteiger charge is -2.37. The van der Waals surface area contributed by atoms with Gasteiger partial charge in [0.05, 0.1) is 0 Å². The van der Waals surface area contributed by atoms with Gasteiger partial charge in [0.1, 0.15) is 0 Å². The SMILES string of the molecule is CNCC1CCN(C(=O)CCN2CCN(c3ccccc3)CC2)CC1.Cl.Cl. The lowest BCUT2D eigenvalue weighted by molar-refractivity contribution is -0.132. The van der Waals surface area contributed by atoms with E-state index in [0.29, 0.717) is 12.3 Å². The molecular weight excluding hydrogens is 383 g/mol. The quantitative estimate of drug-likeness (QED) is 0.772. The Labute approximate surface area is 176 Å².